The summed E-state index contributed by atoms with van der Waals surface area (Å²) in [7, 11) is 0. The van der Waals surface area contributed by atoms with E-state index < -0.39 is 290 Å². The Morgan fingerprint density at radius 3 is 1.55 bits per heavy atom. The van der Waals surface area contributed by atoms with Gasteiger partial charge in [-0.25, -0.2) is 0 Å². The Hall–Kier alpha value is -6.70. The summed E-state index contributed by atoms with van der Waals surface area (Å²) in [5, 5.41) is -7.56. The molecule has 0 aliphatic carbocycles. The third-order valence-electron chi connectivity index (χ3n) is 8.56. The molecule has 0 amide bonds. The number of hydrogen-bond donors (Lipinski definition) is 0. The molecule has 1 heterocycles. The van der Waals surface area contributed by atoms with Crippen LogP contribution in [0.4, 0.5) is 0 Å². The fraction of sp³-hybridized carbons (Fsp3) is 0. The molecule has 1 aromatic heterocycles. The lowest BCUT2D eigenvalue weighted by Gasteiger charge is -2.18. The largest absolute Gasteiger partial charge is 0.455 e. The Morgan fingerprint density at radius 1 is 0.314 bits per heavy atom. The van der Waals surface area contributed by atoms with E-state index in [1.54, 1.807) is 0 Å². The number of fused-ring (bicyclic) bond motifs is 10. The van der Waals surface area contributed by atoms with Crippen LogP contribution in [0.25, 0.3) is 109 Å². The molecule has 11 aromatic rings. The second-order valence-corrected chi connectivity index (χ2v) is 11.3. The fourth-order valence-corrected chi connectivity index (χ4v) is 6.38. The molecule has 0 aliphatic rings. The molecule has 236 valence electrons. The highest BCUT2D eigenvalue weighted by molar-refractivity contribution is 6.23. The van der Waals surface area contributed by atoms with Crippen molar-refractivity contribution in [1.29, 1.82) is 0 Å². The molecule has 0 saturated heterocycles. The first kappa shape index (κ1) is 11.7. The smallest absolute Gasteiger partial charge is 0.143 e. The van der Waals surface area contributed by atoms with Crippen molar-refractivity contribution in [3.63, 3.8) is 0 Å². The van der Waals surface area contributed by atoms with Gasteiger partial charge in [-0.15, -0.1) is 0 Å². The zero-order valence-corrected chi connectivity index (χ0v) is 25.4. The van der Waals surface area contributed by atoms with Crippen LogP contribution in [0.3, 0.4) is 0 Å². The van der Waals surface area contributed by atoms with Gasteiger partial charge < -0.3 is 4.42 Å². The fourth-order valence-electron chi connectivity index (χ4n) is 6.38. The van der Waals surface area contributed by atoms with Crippen molar-refractivity contribution >= 4 is 75.8 Å². The second kappa shape index (κ2) is 10.9. The van der Waals surface area contributed by atoms with Gasteiger partial charge in [0.1, 0.15) is 11.2 Å². The van der Waals surface area contributed by atoms with E-state index in [0.29, 0.717) is 0 Å². The van der Waals surface area contributed by atoms with E-state index in [0.717, 1.165) is 0 Å². The Labute approximate surface area is 336 Å². The van der Waals surface area contributed by atoms with Gasteiger partial charge in [0.05, 0.1) is 41.1 Å². The number of hydrogen-bond acceptors (Lipinski definition) is 1. The first-order chi connectivity index (χ1) is 37.8. The Balaban J connectivity index is 1.40. The molecule has 0 spiro atoms. The van der Waals surface area contributed by atoms with Gasteiger partial charge in [-0.2, -0.15) is 0 Å². The summed E-state index contributed by atoms with van der Waals surface area (Å²) in [6, 6.07) is -28.3. The van der Waals surface area contributed by atoms with E-state index in [1.807, 2.05) is 0 Å². The van der Waals surface area contributed by atoms with Crippen molar-refractivity contribution in [3.05, 3.63) is 181 Å². The predicted molar refractivity (Wildman–Crippen MR) is 218 cm³/mol. The van der Waals surface area contributed by atoms with Gasteiger partial charge in [0.25, 0.3) is 0 Å². The van der Waals surface area contributed by atoms with Crippen LogP contribution in [0.15, 0.2) is 186 Å². The Morgan fingerprint density at radius 2 is 0.843 bits per heavy atom. The monoisotopic (exact) mass is 676 g/mol. The summed E-state index contributed by atoms with van der Waals surface area (Å²) in [5.41, 5.74) is -6.21. The predicted octanol–water partition coefficient (Wildman–Crippen LogP) is 14.4. The Kier molecular flexibility index (Phi) is 2.50. The summed E-state index contributed by atoms with van der Waals surface area (Å²) < 4.78 is 279. The molecule has 10 aromatic carbocycles. The van der Waals surface area contributed by atoms with Gasteiger partial charge in [0.2, 0.25) is 0 Å². The molecule has 11 rings (SSSR count). The molecule has 1 heteroatoms. The molecule has 0 N–H and O–H groups in total. The highest BCUT2D eigenvalue weighted by Gasteiger charge is 2.19. The average Bonchev–Trinajstić information content (AvgIpc) is 3.21. The number of rotatable bonds is 3. The molecule has 0 fully saturated rings. The number of benzene rings is 10. The average molecular weight is 677 g/mol. The minimum atomic E-state index is -1.13. The van der Waals surface area contributed by atoms with Gasteiger partial charge in [0, 0.05) is 16.2 Å². The molecule has 51 heavy (non-hydrogen) atoms. The van der Waals surface area contributed by atoms with Crippen LogP contribution in [-0.2, 0) is 0 Å². The van der Waals surface area contributed by atoms with Crippen LogP contribution in [-0.4, -0.2) is 0 Å². The first-order valence-corrected chi connectivity index (χ1v) is 15.2. The summed E-state index contributed by atoms with van der Waals surface area (Å²) >= 11 is 0. The summed E-state index contributed by atoms with van der Waals surface area (Å²) in [4.78, 5) is 0. The van der Waals surface area contributed by atoms with Crippen LogP contribution < -0.4 is 0 Å². The van der Waals surface area contributed by atoms with E-state index in [9.17, 15) is 17.8 Å². The summed E-state index contributed by atoms with van der Waals surface area (Å²) in [6.45, 7) is 0. The SMILES string of the molecule is [2H]c1c([2H])c(-c2c3c([2H])c([2H])c([2H])c([2H])c3c(-c3c([2H])c([2H])c4oc5c6c([2H])c([2H])c([2H])c([2H])c6c([2H])c([2H])c5c4c3[2H])c3c([2H])c([2H])c([2H])c([2H])c23)c([2H])c(-c2c([2H])c([2H])c([2H])c3c2c([2H])c([2H])c2c([2H])c([2H])c([2H])c([2H])c23)c1[2H]. The van der Waals surface area contributed by atoms with E-state index in [-0.39, 0.29) is 0 Å². The van der Waals surface area contributed by atoms with E-state index in [4.69, 9.17) is 27.7 Å². The Bertz CT molecular complexity index is 4850. The third-order valence-corrected chi connectivity index (χ3v) is 8.56. The van der Waals surface area contributed by atoms with Crippen molar-refractivity contribution < 1.29 is 45.5 Å². The van der Waals surface area contributed by atoms with Gasteiger partial charge >= 0.3 is 0 Å². The van der Waals surface area contributed by atoms with Crippen molar-refractivity contribution in [2.24, 2.45) is 0 Å². The van der Waals surface area contributed by atoms with Crippen molar-refractivity contribution in [3.8, 4) is 33.4 Å². The third kappa shape index (κ3) is 4.22. The van der Waals surface area contributed by atoms with Gasteiger partial charge in [0.15, 0.2) is 0 Å². The molecule has 0 unspecified atom stereocenters. The van der Waals surface area contributed by atoms with Crippen LogP contribution in [0.1, 0.15) is 41.1 Å². The standard InChI is InChI=1S/C50H30O/c1-3-15-36-31(11-1)23-26-40-37(21-10-22-39(36)40)33-13-9-14-34(29-33)48-41-17-5-7-19-43(41)49(44-20-8-6-18-42(44)48)35-25-28-47-46(30-35)45-27-24-32-12-2-4-16-38(32)50(45)51-47/h1-30H/i1D,2D,3D,4D,5D,6D,7D,8D,9D,10D,11D,12D,13D,14D,15D,16D,17D,18D,19D,20D,21D,22D,23D,24D,25D,26D,27D,28D,29D,30D. The lowest BCUT2D eigenvalue weighted by Crippen LogP contribution is -1.91. The first-order valence-electron chi connectivity index (χ1n) is 30.2. The summed E-state index contributed by atoms with van der Waals surface area (Å²) in [5.74, 6) is 0. The summed E-state index contributed by atoms with van der Waals surface area (Å²) in [6.07, 6.45) is 0. The second-order valence-electron chi connectivity index (χ2n) is 11.3. The van der Waals surface area contributed by atoms with E-state index in [2.05, 4.69) is 0 Å². The molecule has 0 atom stereocenters. The molecular weight excluding hydrogens is 617 g/mol. The maximum absolute atomic E-state index is 10.0. The zero-order chi connectivity index (χ0) is 59.6. The van der Waals surface area contributed by atoms with Crippen molar-refractivity contribution in [1.82, 2.24) is 0 Å². The lowest BCUT2D eigenvalue weighted by molar-refractivity contribution is 0.672. The van der Waals surface area contributed by atoms with Crippen LogP contribution in [0.5, 0.6) is 0 Å². The van der Waals surface area contributed by atoms with E-state index >= 15 is 0 Å². The molecule has 0 aliphatic heterocycles. The molecule has 0 saturated carbocycles. The maximum Gasteiger partial charge on any atom is 0.143 e. The quantitative estimate of drug-likeness (QED) is 0.134. The minimum absolute atomic E-state index is 0.437. The molecule has 0 bridgehead atoms. The van der Waals surface area contributed by atoms with Crippen molar-refractivity contribution in [2.45, 2.75) is 0 Å². The molecule has 0 radical (unpaired) electrons. The zero-order valence-electron chi connectivity index (χ0n) is 55.4. The van der Waals surface area contributed by atoms with Crippen LogP contribution in [0, 0.1) is 0 Å². The number of furan rings is 1. The highest BCUT2D eigenvalue weighted by atomic mass is 16.3. The van der Waals surface area contributed by atoms with Gasteiger partial charge in [-0.05, 0) is 106 Å². The van der Waals surface area contributed by atoms with Crippen LogP contribution >= 0.6 is 0 Å². The highest BCUT2D eigenvalue weighted by Crippen LogP contribution is 2.46. The molecule has 1 nitrogen and oxygen atoms in total. The van der Waals surface area contributed by atoms with Gasteiger partial charge in [-0.1, -0.05) is 157 Å². The minimum Gasteiger partial charge on any atom is -0.455 e. The topological polar surface area (TPSA) is 13.1 Å². The van der Waals surface area contributed by atoms with E-state index in [1.165, 1.54) is 0 Å². The normalized spacial score (nSPS) is 20.2. The van der Waals surface area contributed by atoms with Crippen molar-refractivity contribution in [2.75, 3.05) is 0 Å². The maximum atomic E-state index is 10.0. The lowest BCUT2D eigenvalue weighted by atomic mass is 9.85. The van der Waals surface area contributed by atoms with Gasteiger partial charge in [-0.3, -0.25) is 0 Å². The van der Waals surface area contributed by atoms with Crippen LogP contribution in [0.2, 0.25) is 0 Å². The molecular formula is C50H30O.